The fourth-order valence-electron chi connectivity index (χ4n) is 1.97. The highest BCUT2D eigenvalue weighted by atomic mass is 32.2. The Kier molecular flexibility index (Phi) is 4.13. The van der Waals surface area contributed by atoms with E-state index in [9.17, 15) is 5.11 Å². The minimum absolute atomic E-state index is 0.367. The molecule has 1 atom stereocenters. The summed E-state index contributed by atoms with van der Waals surface area (Å²) in [6, 6.07) is 8.30. The van der Waals surface area contributed by atoms with Crippen molar-refractivity contribution in [3.05, 3.63) is 29.8 Å². The molecule has 1 saturated heterocycles. The first-order chi connectivity index (χ1) is 7.77. The summed E-state index contributed by atoms with van der Waals surface area (Å²) < 4.78 is 0. The molecule has 0 spiro atoms. The molecule has 88 valence electrons. The molecule has 0 unspecified atom stereocenters. The number of hydrogen-bond donors (Lipinski definition) is 1. The summed E-state index contributed by atoms with van der Waals surface area (Å²) in [6.45, 7) is 4.09. The van der Waals surface area contributed by atoms with Gasteiger partial charge in [0.15, 0.2) is 0 Å². The minimum Gasteiger partial charge on any atom is -0.389 e. The van der Waals surface area contributed by atoms with E-state index in [0.717, 1.165) is 18.7 Å². The first-order valence-corrected chi connectivity index (χ1v) is 7.03. The molecule has 1 N–H and O–H groups in total. The van der Waals surface area contributed by atoms with Crippen molar-refractivity contribution in [1.29, 1.82) is 0 Å². The number of anilines is 1. The zero-order valence-electron chi connectivity index (χ0n) is 9.72. The van der Waals surface area contributed by atoms with Crippen LogP contribution in [0.1, 0.15) is 25.0 Å². The van der Waals surface area contributed by atoms with Crippen molar-refractivity contribution in [2.75, 3.05) is 29.5 Å². The SMILES string of the molecule is C[C@@H](O)c1ccc(N2CCCSCC2)cc1. The molecule has 1 aliphatic heterocycles. The maximum atomic E-state index is 9.45. The van der Waals surface area contributed by atoms with Crippen LogP contribution in [0.5, 0.6) is 0 Å². The average Bonchev–Trinajstić information content (AvgIpc) is 2.57. The molecule has 2 rings (SSSR count). The maximum Gasteiger partial charge on any atom is 0.0761 e. The maximum absolute atomic E-state index is 9.45. The molecular formula is C13H19NOS. The van der Waals surface area contributed by atoms with E-state index in [2.05, 4.69) is 17.0 Å². The lowest BCUT2D eigenvalue weighted by atomic mass is 10.1. The van der Waals surface area contributed by atoms with Crippen LogP contribution in [0.2, 0.25) is 0 Å². The highest BCUT2D eigenvalue weighted by molar-refractivity contribution is 7.99. The summed E-state index contributed by atoms with van der Waals surface area (Å²) >= 11 is 2.04. The van der Waals surface area contributed by atoms with Crippen molar-refractivity contribution in [3.63, 3.8) is 0 Å². The lowest BCUT2D eigenvalue weighted by Gasteiger charge is -2.22. The third-order valence-electron chi connectivity index (χ3n) is 2.96. The Morgan fingerprint density at radius 1 is 1.19 bits per heavy atom. The summed E-state index contributed by atoms with van der Waals surface area (Å²) in [4.78, 5) is 2.44. The van der Waals surface area contributed by atoms with Gasteiger partial charge in [-0.3, -0.25) is 0 Å². The van der Waals surface area contributed by atoms with E-state index in [1.54, 1.807) is 6.92 Å². The Morgan fingerprint density at radius 2 is 1.94 bits per heavy atom. The van der Waals surface area contributed by atoms with E-state index >= 15 is 0 Å². The molecule has 1 fully saturated rings. The van der Waals surface area contributed by atoms with Gasteiger partial charge in [-0.2, -0.15) is 11.8 Å². The van der Waals surface area contributed by atoms with Crippen LogP contribution in [0.3, 0.4) is 0 Å². The molecule has 0 bridgehead atoms. The van der Waals surface area contributed by atoms with E-state index in [4.69, 9.17) is 0 Å². The molecule has 0 aromatic heterocycles. The van der Waals surface area contributed by atoms with E-state index in [1.807, 2.05) is 23.9 Å². The van der Waals surface area contributed by atoms with Crippen LogP contribution in [0.15, 0.2) is 24.3 Å². The number of aliphatic hydroxyl groups is 1. The van der Waals surface area contributed by atoms with Gasteiger partial charge in [-0.05, 0) is 36.8 Å². The molecule has 0 saturated carbocycles. The summed E-state index contributed by atoms with van der Waals surface area (Å²) in [5.74, 6) is 2.50. The largest absolute Gasteiger partial charge is 0.389 e. The van der Waals surface area contributed by atoms with Gasteiger partial charge in [-0.15, -0.1) is 0 Å². The van der Waals surface area contributed by atoms with Gasteiger partial charge in [0.25, 0.3) is 0 Å². The third-order valence-corrected chi connectivity index (χ3v) is 4.01. The van der Waals surface area contributed by atoms with E-state index in [1.165, 1.54) is 23.6 Å². The molecule has 2 nitrogen and oxygen atoms in total. The van der Waals surface area contributed by atoms with Crippen LogP contribution in [0.25, 0.3) is 0 Å². The monoisotopic (exact) mass is 237 g/mol. The Hall–Kier alpha value is -0.670. The third kappa shape index (κ3) is 2.92. The van der Waals surface area contributed by atoms with Gasteiger partial charge in [-0.25, -0.2) is 0 Å². The number of hydrogen-bond acceptors (Lipinski definition) is 3. The predicted octanol–water partition coefficient (Wildman–Crippen LogP) is 2.68. The van der Waals surface area contributed by atoms with Crippen LogP contribution >= 0.6 is 11.8 Å². The fraction of sp³-hybridized carbons (Fsp3) is 0.538. The Balaban J connectivity index is 2.07. The fourth-order valence-corrected chi connectivity index (χ4v) is 2.85. The van der Waals surface area contributed by atoms with Crippen LogP contribution in [0.4, 0.5) is 5.69 Å². The smallest absolute Gasteiger partial charge is 0.0761 e. The molecule has 1 heterocycles. The molecule has 0 amide bonds. The van der Waals surface area contributed by atoms with Crippen LogP contribution in [-0.4, -0.2) is 29.7 Å². The normalized spacial score (nSPS) is 19.2. The molecule has 1 aliphatic rings. The summed E-state index contributed by atoms with van der Waals surface area (Å²) in [5, 5.41) is 9.45. The van der Waals surface area contributed by atoms with Crippen LogP contribution in [-0.2, 0) is 0 Å². The summed E-state index contributed by atoms with van der Waals surface area (Å²) in [6.07, 6.45) is 0.900. The van der Waals surface area contributed by atoms with Crippen molar-refractivity contribution in [2.45, 2.75) is 19.4 Å². The van der Waals surface area contributed by atoms with Gasteiger partial charge in [0.05, 0.1) is 6.10 Å². The second-order valence-corrected chi connectivity index (χ2v) is 5.45. The number of rotatable bonds is 2. The first-order valence-electron chi connectivity index (χ1n) is 5.88. The quantitative estimate of drug-likeness (QED) is 0.855. The van der Waals surface area contributed by atoms with Crippen molar-refractivity contribution in [3.8, 4) is 0 Å². The zero-order valence-corrected chi connectivity index (χ0v) is 10.5. The average molecular weight is 237 g/mol. The van der Waals surface area contributed by atoms with Crippen LogP contribution in [0, 0.1) is 0 Å². The number of thioether (sulfide) groups is 1. The van der Waals surface area contributed by atoms with Gasteiger partial charge in [0.1, 0.15) is 0 Å². The van der Waals surface area contributed by atoms with Gasteiger partial charge >= 0.3 is 0 Å². The number of benzene rings is 1. The Morgan fingerprint density at radius 3 is 2.62 bits per heavy atom. The highest BCUT2D eigenvalue weighted by Gasteiger charge is 2.10. The Labute approximate surface area is 102 Å². The molecule has 1 aromatic rings. The van der Waals surface area contributed by atoms with Gasteiger partial charge in [-0.1, -0.05) is 12.1 Å². The van der Waals surface area contributed by atoms with E-state index < -0.39 is 0 Å². The molecular weight excluding hydrogens is 218 g/mol. The molecule has 0 radical (unpaired) electrons. The lowest BCUT2D eigenvalue weighted by molar-refractivity contribution is 0.199. The predicted molar refractivity (Wildman–Crippen MR) is 71.2 cm³/mol. The number of aliphatic hydroxyl groups excluding tert-OH is 1. The van der Waals surface area contributed by atoms with E-state index in [-0.39, 0.29) is 6.10 Å². The van der Waals surface area contributed by atoms with Gasteiger partial charge in [0.2, 0.25) is 0 Å². The number of nitrogens with zero attached hydrogens (tertiary/aromatic N) is 1. The standard InChI is InChI=1S/C13H19NOS/c1-11(15)12-3-5-13(6-4-12)14-7-2-9-16-10-8-14/h3-6,11,15H,2,7-10H2,1H3/t11-/m1/s1. The van der Waals surface area contributed by atoms with Gasteiger partial charge < -0.3 is 10.0 Å². The van der Waals surface area contributed by atoms with Crippen LogP contribution < -0.4 is 4.90 Å². The molecule has 3 heteroatoms. The second-order valence-electron chi connectivity index (χ2n) is 4.22. The summed E-state index contributed by atoms with van der Waals surface area (Å²) in [5.41, 5.74) is 2.28. The first kappa shape index (κ1) is 11.8. The van der Waals surface area contributed by atoms with Crippen molar-refractivity contribution in [1.82, 2.24) is 0 Å². The van der Waals surface area contributed by atoms with Crippen molar-refractivity contribution < 1.29 is 5.11 Å². The van der Waals surface area contributed by atoms with Crippen molar-refractivity contribution in [2.24, 2.45) is 0 Å². The zero-order chi connectivity index (χ0) is 11.4. The Bertz CT molecular complexity index is 315. The van der Waals surface area contributed by atoms with Crippen molar-refractivity contribution >= 4 is 17.4 Å². The van der Waals surface area contributed by atoms with E-state index in [0.29, 0.717) is 0 Å². The summed E-state index contributed by atoms with van der Waals surface area (Å²) in [7, 11) is 0. The highest BCUT2D eigenvalue weighted by Crippen LogP contribution is 2.21. The van der Waals surface area contributed by atoms with Gasteiger partial charge in [0, 0.05) is 24.5 Å². The lowest BCUT2D eigenvalue weighted by Crippen LogP contribution is -2.25. The molecule has 1 aromatic carbocycles. The minimum atomic E-state index is -0.367. The second kappa shape index (κ2) is 5.60. The molecule has 16 heavy (non-hydrogen) atoms. The topological polar surface area (TPSA) is 23.5 Å². The molecule has 0 aliphatic carbocycles.